The molecule has 1 aliphatic heterocycles. The number of halogens is 3. The third kappa shape index (κ3) is 4.82. The summed E-state index contributed by atoms with van der Waals surface area (Å²) in [6.45, 7) is 2.56. The molecule has 0 aliphatic carbocycles. The number of aromatic nitrogens is 1. The summed E-state index contributed by atoms with van der Waals surface area (Å²) in [6, 6.07) is 2.90. The Morgan fingerprint density at radius 3 is 2.61 bits per heavy atom. The number of nitrogens with one attached hydrogen (secondary N) is 1. The lowest BCUT2D eigenvalue weighted by Gasteiger charge is -2.35. The molecule has 0 bridgehead atoms. The van der Waals surface area contributed by atoms with Gasteiger partial charge in [-0.1, -0.05) is 0 Å². The molecule has 3 rings (SSSR count). The van der Waals surface area contributed by atoms with Crippen molar-refractivity contribution in [3.8, 4) is 6.07 Å². The minimum atomic E-state index is -4.61. The monoisotopic (exact) mass is 455 g/mol. The molecule has 2 aromatic rings. The maximum Gasteiger partial charge on any atom is 0.417 e. The molecule has 2 amide bonds. The Balaban J connectivity index is 1.84. The van der Waals surface area contributed by atoms with Crippen LogP contribution in [-0.4, -0.2) is 61.2 Å². The van der Waals surface area contributed by atoms with Crippen LogP contribution in [-0.2, 0) is 10.9 Å². The zero-order valence-electron chi connectivity index (χ0n) is 16.8. The van der Waals surface area contributed by atoms with Gasteiger partial charge < -0.3 is 19.9 Å². The number of fused-ring (bicyclic) bond motifs is 1. The molecule has 0 saturated carbocycles. The molecule has 2 aromatic heterocycles. The molecule has 0 radical (unpaired) electrons. The smallest absolute Gasteiger partial charge is 0.417 e. The fourth-order valence-corrected chi connectivity index (χ4v) is 4.22. The van der Waals surface area contributed by atoms with E-state index in [4.69, 9.17) is 10.00 Å². The second-order valence-electron chi connectivity index (χ2n) is 6.96. The highest BCUT2D eigenvalue weighted by molar-refractivity contribution is 7.17. The third-order valence-electron chi connectivity index (χ3n) is 4.83. The van der Waals surface area contributed by atoms with E-state index in [-0.39, 0.29) is 54.2 Å². The summed E-state index contributed by atoms with van der Waals surface area (Å²) in [4.78, 5) is 31.7. The van der Waals surface area contributed by atoms with Crippen LogP contribution in [0.5, 0.6) is 0 Å². The van der Waals surface area contributed by atoms with Crippen LogP contribution in [0.3, 0.4) is 0 Å². The average molecular weight is 455 g/mol. The number of pyridine rings is 1. The van der Waals surface area contributed by atoms with Crippen molar-refractivity contribution < 1.29 is 27.5 Å². The number of piperazine rings is 1. The van der Waals surface area contributed by atoms with E-state index in [2.05, 4.69) is 10.3 Å². The van der Waals surface area contributed by atoms with Crippen LogP contribution in [0.4, 0.5) is 23.8 Å². The number of ether oxygens (including phenoxy) is 1. The van der Waals surface area contributed by atoms with E-state index in [1.54, 1.807) is 11.8 Å². The second-order valence-corrected chi connectivity index (χ2v) is 7.84. The lowest BCUT2D eigenvalue weighted by atomic mass is 10.1. The largest absolute Gasteiger partial charge is 0.445 e. The number of anilines is 1. The quantitative estimate of drug-likeness (QED) is 0.760. The highest BCUT2D eigenvalue weighted by Crippen LogP contribution is 2.40. The van der Waals surface area contributed by atoms with Crippen LogP contribution in [0, 0.1) is 11.3 Å². The van der Waals surface area contributed by atoms with Crippen molar-refractivity contribution in [2.75, 3.05) is 38.1 Å². The zero-order valence-corrected chi connectivity index (χ0v) is 17.6. The number of alkyl halides is 3. The number of nitriles is 1. The Hall–Kier alpha value is -3.07. The predicted octanol–water partition coefficient (Wildman–Crippen LogP) is 3.24. The Labute approximate surface area is 180 Å². The molecule has 1 fully saturated rings. The molecule has 31 heavy (non-hydrogen) atoms. The van der Waals surface area contributed by atoms with E-state index in [0.29, 0.717) is 0 Å². The van der Waals surface area contributed by atoms with Crippen molar-refractivity contribution in [1.29, 1.82) is 5.26 Å². The van der Waals surface area contributed by atoms with Gasteiger partial charge in [-0.05, 0) is 13.0 Å². The number of thiophene rings is 1. The van der Waals surface area contributed by atoms with E-state index >= 15 is 0 Å². The van der Waals surface area contributed by atoms with Gasteiger partial charge >= 0.3 is 12.3 Å². The molecule has 3 heterocycles. The molecular formula is C19H20F3N5O3S. The van der Waals surface area contributed by atoms with Crippen molar-refractivity contribution in [2.45, 2.75) is 25.6 Å². The van der Waals surface area contributed by atoms with E-state index in [0.717, 1.165) is 17.4 Å². The summed E-state index contributed by atoms with van der Waals surface area (Å²) in [5.41, 5.74) is -0.760. The van der Waals surface area contributed by atoms with Gasteiger partial charge in [-0.15, -0.1) is 11.3 Å². The van der Waals surface area contributed by atoms with Crippen molar-refractivity contribution in [3.05, 3.63) is 22.6 Å². The number of amides is 2. The normalized spacial score (nSPS) is 15.5. The Morgan fingerprint density at radius 1 is 1.35 bits per heavy atom. The maximum atomic E-state index is 13.7. The van der Waals surface area contributed by atoms with Gasteiger partial charge in [0.1, 0.15) is 11.9 Å². The minimum absolute atomic E-state index is 0.00124. The molecule has 1 aliphatic rings. The summed E-state index contributed by atoms with van der Waals surface area (Å²) < 4.78 is 46.1. The van der Waals surface area contributed by atoms with Crippen LogP contribution in [0.15, 0.2) is 11.4 Å². The average Bonchev–Trinajstić information content (AvgIpc) is 3.16. The molecule has 1 saturated heterocycles. The Morgan fingerprint density at radius 2 is 2.03 bits per heavy atom. The number of nitrogens with zero attached hydrogens (tertiary/aromatic N) is 4. The lowest BCUT2D eigenvalue weighted by Crippen LogP contribution is -2.49. The van der Waals surface area contributed by atoms with Gasteiger partial charge in [0.15, 0.2) is 0 Å². The number of carbonyl (C=O) groups is 2. The third-order valence-corrected chi connectivity index (χ3v) is 5.83. The first-order chi connectivity index (χ1) is 14.7. The summed E-state index contributed by atoms with van der Waals surface area (Å²) in [5.74, 6) is -0.419. The molecule has 1 unspecified atom stereocenters. The molecule has 1 atom stereocenters. The van der Waals surface area contributed by atoms with Gasteiger partial charge in [0, 0.05) is 38.6 Å². The van der Waals surface area contributed by atoms with Crippen LogP contribution >= 0.6 is 11.3 Å². The van der Waals surface area contributed by atoms with E-state index in [9.17, 15) is 22.8 Å². The van der Waals surface area contributed by atoms with Gasteiger partial charge in [0.25, 0.3) is 5.91 Å². The fraction of sp³-hybridized carbons (Fsp3) is 0.474. The second kappa shape index (κ2) is 8.97. The van der Waals surface area contributed by atoms with Gasteiger partial charge in [-0.2, -0.15) is 18.4 Å². The highest BCUT2D eigenvalue weighted by atomic mass is 32.1. The molecule has 0 spiro atoms. The molecular weight excluding hydrogens is 435 g/mol. The van der Waals surface area contributed by atoms with Gasteiger partial charge in [0.05, 0.1) is 33.8 Å². The lowest BCUT2D eigenvalue weighted by molar-refractivity contribution is -0.136. The molecule has 8 nitrogen and oxygen atoms in total. The number of carbonyl (C=O) groups excluding carboxylic acids is 2. The van der Waals surface area contributed by atoms with Crippen molar-refractivity contribution in [2.24, 2.45) is 0 Å². The number of rotatable bonds is 4. The highest BCUT2D eigenvalue weighted by Gasteiger charge is 2.36. The van der Waals surface area contributed by atoms with Crippen LogP contribution in [0.2, 0.25) is 0 Å². The molecule has 1 N–H and O–H groups in total. The molecule has 0 aromatic carbocycles. The van der Waals surface area contributed by atoms with Crippen LogP contribution in [0.1, 0.15) is 29.3 Å². The van der Waals surface area contributed by atoms with Gasteiger partial charge in [0.2, 0.25) is 0 Å². The SMILES string of the molecule is CNC(=O)c1csc2c(C(F)(F)F)cc(N3CCN(C(=O)OC(C)CC#N)CC3)nc12. The van der Waals surface area contributed by atoms with E-state index < -0.39 is 29.8 Å². The van der Waals surface area contributed by atoms with Crippen LogP contribution in [0.25, 0.3) is 10.2 Å². The van der Waals surface area contributed by atoms with Crippen LogP contribution < -0.4 is 10.2 Å². The number of hydrogen-bond acceptors (Lipinski definition) is 7. The number of hydrogen-bond donors (Lipinski definition) is 1. The van der Waals surface area contributed by atoms with Gasteiger partial charge in [-0.25, -0.2) is 9.78 Å². The Kier molecular flexibility index (Phi) is 6.54. The van der Waals surface area contributed by atoms with Crippen molar-refractivity contribution in [1.82, 2.24) is 15.2 Å². The summed E-state index contributed by atoms with van der Waals surface area (Å²) in [5, 5.41) is 12.4. The first-order valence-electron chi connectivity index (χ1n) is 9.44. The first-order valence-corrected chi connectivity index (χ1v) is 10.3. The summed E-state index contributed by atoms with van der Waals surface area (Å²) in [6.07, 6.45) is -5.65. The topological polar surface area (TPSA) is 98.6 Å². The first kappa shape index (κ1) is 22.6. The fourth-order valence-electron chi connectivity index (χ4n) is 3.20. The predicted molar refractivity (Wildman–Crippen MR) is 108 cm³/mol. The van der Waals surface area contributed by atoms with Gasteiger partial charge in [-0.3, -0.25) is 4.79 Å². The van der Waals surface area contributed by atoms with E-state index in [1.807, 2.05) is 6.07 Å². The zero-order chi connectivity index (χ0) is 22.8. The molecule has 12 heteroatoms. The standard InChI is InChI=1S/C19H20F3N5O3S/c1-11(3-4-23)30-18(29)27-7-5-26(6-8-27)14-9-13(19(20,21)22)16-15(25-14)12(10-31-16)17(28)24-2/h9-11H,3,5-8H2,1-2H3,(H,24,28). The van der Waals surface area contributed by atoms with E-state index in [1.165, 1.54) is 17.3 Å². The minimum Gasteiger partial charge on any atom is -0.445 e. The summed E-state index contributed by atoms with van der Waals surface area (Å²) in [7, 11) is 1.40. The molecule has 166 valence electrons. The Bertz CT molecular complexity index is 1030. The van der Waals surface area contributed by atoms with Crippen molar-refractivity contribution in [3.63, 3.8) is 0 Å². The maximum absolute atomic E-state index is 13.7. The van der Waals surface area contributed by atoms with Crippen molar-refractivity contribution >= 4 is 39.4 Å². The summed E-state index contributed by atoms with van der Waals surface area (Å²) >= 11 is 0.826.